The molecule has 0 radical (unpaired) electrons. The van der Waals surface area contributed by atoms with Crippen LogP contribution in [-0.4, -0.2) is 14.8 Å². The highest BCUT2D eigenvalue weighted by Crippen LogP contribution is 2.25. The maximum atomic E-state index is 6.30. The van der Waals surface area contributed by atoms with E-state index < -0.39 is 0 Å². The summed E-state index contributed by atoms with van der Waals surface area (Å²) in [7, 11) is 0. The summed E-state index contributed by atoms with van der Waals surface area (Å²) >= 11 is 3.58. The predicted octanol–water partition coefficient (Wildman–Crippen LogP) is 3.17. The van der Waals surface area contributed by atoms with Crippen molar-refractivity contribution in [1.82, 2.24) is 14.8 Å². The number of nitrogens with two attached hydrogens (primary N) is 1. The molecule has 2 rings (SSSR count). The van der Waals surface area contributed by atoms with Crippen LogP contribution in [0.4, 0.5) is 0 Å². The van der Waals surface area contributed by atoms with E-state index in [1.165, 1.54) is 5.56 Å². The first kappa shape index (κ1) is 14.2. The summed E-state index contributed by atoms with van der Waals surface area (Å²) in [6.45, 7) is 6.24. The SMILES string of the molecule is Cc1ccc(C(N)Cc2ncnn2C(C)C)c(Br)c1. The Morgan fingerprint density at radius 1 is 1.37 bits per heavy atom. The Bertz CT molecular complexity index is 562. The molecule has 4 nitrogen and oxygen atoms in total. The maximum absolute atomic E-state index is 6.30. The summed E-state index contributed by atoms with van der Waals surface area (Å²) in [5, 5.41) is 4.24. The molecule has 0 aliphatic rings. The fourth-order valence-corrected chi connectivity index (χ4v) is 2.88. The number of rotatable bonds is 4. The van der Waals surface area contributed by atoms with Crippen molar-refractivity contribution in [3.63, 3.8) is 0 Å². The Balaban J connectivity index is 2.21. The van der Waals surface area contributed by atoms with E-state index in [4.69, 9.17) is 5.73 Å². The van der Waals surface area contributed by atoms with Crippen molar-refractivity contribution < 1.29 is 0 Å². The van der Waals surface area contributed by atoms with E-state index in [1.807, 2.05) is 4.68 Å². The van der Waals surface area contributed by atoms with Crippen LogP contribution in [0.15, 0.2) is 29.0 Å². The zero-order valence-corrected chi connectivity index (χ0v) is 13.1. The maximum Gasteiger partial charge on any atom is 0.138 e. The topological polar surface area (TPSA) is 56.7 Å². The Kier molecular flexibility index (Phi) is 4.37. The Labute approximate surface area is 122 Å². The smallest absolute Gasteiger partial charge is 0.138 e. The fourth-order valence-electron chi connectivity index (χ4n) is 2.09. The standard InChI is InChI=1S/C14H19BrN4/c1-9(2)19-14(17-8-18-19)7-13(16)11-5-4-10(3)6-12(11)15/h4-6,8-9,13H,7,16H2,1-3H3. The summed E-state index contributed by atoms with van der Waals surface area (Å²) in [6, 6.07) is 6.44. The molecule has 0 spiro atoms. The first-order valence-corrected chi connectivity index (χ1v) is 7.18. The zero-order chi connectivity index (χ0) is 14.0. The number of benzene rings is 1. The van der Waals surface area contributed by atoms with Gasteiger partial charge in [-0.1, -0.05) is 28.1 Å². The van der Waals surface area contributed by atoms with E-state index >= 15 is 0 Å². The lowest BCUT2D eigenvalue weighted by Crippen LogP contribution is -2.18. The monoisotopic (exact) mass is 322 g/mol. The highest BCUT2D eigenvalue weighted by molar-refractivity contribution is 9.10. The molecular formula is C14H19BrN4. The van der Waals surface area contributed by atoms with Crippen LogP contribution in [0.3, 0.4) is 0 Å². The molecule has 0 saturated heterocycles. The van der Waals surface area contributed by atoms with Gasteiger partial charge in [-0.3, -0.25) is 0 Å². The molecule has 0 saturated carbocycles. The van der Waals surface area contributed by atoms with Gasteiger partial charge < -0.3 is 5.73 Å². The quantitative estimate of drug-likeness (QED) is 0.940. The van der Waals surface area contributed by atoms with Crippen LogP contribution in [0.1, 0.15) is 42.9 Å². The third kappa shape index (κ3) is 3.22. The molecule has 1 atom stereocenters. The lowest BCUT2D eigenvalue weighted by molar-refractivity contribution is 0.493. The lowest BCUT2D eigenvalue weighted by Gasteiger charge is -2.16. The number of nitrogens with zero attached hydrogens (tertiary/aromatic N) is 3. The average Bonchev–Trinajstić information content (AvgIpc) is 2.76. The zero-order valence-electron chi connectivity index (χ0n) is 11.5. The second-order valence-electron chi connectivity index (χ2n) is 5.05. The second kappa shape index (κ2) is 5.84. The van der Waals surface area contributed by atoms with Crippen LogP contribution >= 0.6 is 15.9 Å². The highest BCUT2D eigenvalue weighted by atomic mass is 79.9. The molecule has 1 unspecified atom stereocenters. The molecule has 0 bridgehead atoms. The van der Waals surface area contributed by atoms with Gasteiger partial charge in [-0.15, -0.1) is 0 Å². The van der Waals surface area contributed by atoms with Gasteiger partial charge in [0, 0.05) is 23.0 Å². The molecule has 0 amide bonds. The second-order valence-corrected chi connectivity index (χ2v) is 5.90. The van der Waals surface area contributed by atoms with E-state index in [9.17, 15) is 0 Å². The Hall–Kier alpha value is -1.20. The van der Waals surface area contributed by atoms with Crippen LogP contribution in [-0.2, 0) is 6.42 Å². The number of aryl methyl sites for hydroxylation is 1. The summed E-state index contributed by atoms with van der Waals surface area (Å²) in [4.78, 5) is 4.31. The minimum absolute atomic E-state index is 0.0864. The molecule has 1 aromatic heterocycles. The minimum Gasteiger partial charge on any atom is -0.324 e. The highest BCUT2D eigenvalue weighted by Gasteiger charge is 2.15. The van der Waals surface area contributed by atoms with Crippen molar-refractivity contribution in [2.45, 2.75) is 39.3 Å². The van der Waals surface area contributed by atoms with E-state index in [1.54, 1.807) is 6.33 Å². The first-order chi connectivity index (χ1) is 8.99. The molecule has 0 aliphatic heterocycles. The summed E-state index contributed by atoms with van der Waals surface area (Å²) in [6.07, 6.45) is 2.27. The van der Waals surface area contributed by atoms with Crippen molar-refractivity contribution >= 4 is 15.9 Å². The largest absolute Gasteiger partial charge is 0.324 e. The van der Waals surface area contributed by atoms with Gasteiger partial charge in [-0.25, -0.2) is 9.67 Å². The number of hydrogen-bond donors (Lipinski definition) is 1. The van der Waals surface area contributed by atoms with Gasteiger partial charge in [0.25, 0.3) is 0 Å². The van der Waals surface area contributed by atoms with Gasteiger partial charge in [0.15, 0.2) is 0 Å². The van der Waals surface area contributed by atoms with E-state index in [-0.39, 0.29) is 6.04 Å². The van der Waals surface area contributed by atoms with Crippen LogP contribution in [0.2, 0.25) is 0 Å². The number of aromatic nitrogens is 3. The average molecular weight is 323 g/mol. The van der Waals surface area contributed by atoms with Crippen LogP contribution in [0.5, 0.6) is 0 Å². The third-order valence-electron chi connectivity index (χ3n) is 3.09. The van der Waals surface area contributed by atoms with Crippen molar-refractivity contribution in [3.05, 3.63) is 46.0 Å². The molecule has 0 aliphatic carbocycles. The van der Waals surface area contributed by atoms with Gasteiger partial charge in [-0.2, -0.15) is 5.10 Å². The molecule has 1 heterocycles. The van der Waals surface area contributed by atoms with Crippen molar-refractivity contribution in [1.29, 1.82) is 0 Å². The molecule has 0 fully saturated rings. The molecule has 19 heavy (non-hydrogen) atoms. The van der Waals surface area contributed by atoms with E-state index in [2.05, 4.69) is 65.0 Å². The summed E-state index contributed by atoms with van der Waals surface area (Å²) in [5.74, 6) is 0.926. The number of halogens is 1. The van der Waals surface area contributed by atoms with Gasteiger partial charge in [0.2, 0.25) is 0 Å². The van der Waals surface area contributed by atoms with Crippen LogP contribution in [0.25, 0.3) is 0 Å². The van der Waals surface area contributed by atoms with Crippen LogP contribution in [0, 0.1) is 6.92 Å². The Morgan fingerprint density at radius 2 is 2.11 bits per heavy atom. The normalized spacial score (nSPS) is 12.9. The minimum atomic E-state index is -0.0864. The van der Waals surface area contributed by atoms with Crippen molar-refractivity contribution in [3.8, 4) is 0 Å². The van der Waals surface area contributed by atoms with Crippen molar-refractivity contribution in [2.75, 3.05) is 0 Å². The van der Waals surface area contributed by atoms with Gasteiger partial charge >= 0.3 is 0 Å². The van der Waals surface area contributed by atoms with Gasteiger partial charge in [0.05, 0.1) is 0 Å². The summed E-state index contributed by atoms with van der Waals surface area (Å²) < 4.78 is 2.97. The van der Waals surface area contributed by atoms with E-state index in [0.717, 1.165) is 15.9 Å². The first-order valence-electron chi connectivity index (χ1n) is 6.39. The fraction of sp³-hybridized carbons (Fsp3) is 0.429. The predicted molar refractivity (Wildman–Crippen MR) is 79.9 cm³/mol. The molecule has 102 valence electrons. The molecule has 5 heteroatoms. The van der Waals surface area contributed by atoms with Gasteiger partial charge in [-0.05, 0) is 38.0 Å². The lowest BCUT2D eigenvalue weighted by atomic mass is 10.0. The van der Waals surface area contributed by atoms with Crippen LogP contribution < -0.4 is 5.73 Å². The van der Waals surface area contributed by atoms with Gasteiger partial charge in [0.1, 0.15) is 12.2 Å². The third-order valence-corrected chi connectivity index (χ3v) is 3.78. The van der Waals surface area contributed by atoms with E-state index in [0.29, 0.717) is 12.5 Å². The summed E-state index contributed by atoms with van der Waals surface area (Å²) in [5.41, 5.74) is 8.61. The molecule has 1 aromatic carbocycles. The molecule has 2 aromatic rings. The molecule has 2 N–H and O–H groups in total. The number of hydrogen-bond acceptors (Lipinski definition) is 3. The van der Waals surface area contributed by atoms with Crippen molar-refractivity contribution in [2.24, 2.45) is 5.73 Å². The Morgan fingerprint density at radius 3 is 2.74 bits per heavy atom. The molecular weight excluding hydrogens is 304 g/mol.